The molecule has 0 aliphatic heterocycles. The number of ketones is 1. The van der Waals surface area contributed by atoms with Crippen LogP contribution in [-0.2, 0) is 13.9 Å². The highest BCUT2D eigenvalue weighted by Crippen LogP contribution is 2.56. The van der Waals surface area contributed by atoms with Crippen molar-refractivity contribution in [3.63, 3.8) is 0 Å². The van der Waals surface area contributed by atoms with E-state index in [-0.39, 0.29) is 11.9 Å². The largest absolute Gasteiger partial charge is 0.333 e. The van der Waals surface area contributed by atoms with Crippen LogP contribution in [0.15, 0.2) is 0 Å². The molecule has 1 aliphatic rings. The Morgan fingerprint density at radius 2 is 1.90 bits per heavy atom. The van der Waals surface area contributed by atoms with Gasteiger partial charge in [0.1, 0.15) is 0 Å². The molecule has 2 atom stereocenters. The molecule has 1 aliphatic carbocycles. The zero-order chi connectivity index (χ0) is 16.3. The average molecular weight is 337 g/mol. The summed E-state index contributed by atoms with van der Waals surface area (Å²) in [5.41, 5.74) is 5.67. The van der Waals surface area contributed by atoms with E-state index < -0.39 is 18.8 Å². The summed E-state index contributed by atoms with van der Waals surface area (Å²) in [4.78, 5) is 21.8. The summed E-state index contributed by atoms with van der Waals surface area (Å²) in [6, 6.07) is -0.485. The van der Waals surface area contributed by atoms with E-state index in [0.717, 1.165) is 12.8 Å². The third kappa shape index (κ3) is 5.68. The molecule has 0 amide bonds. The van der Waals surface area contributed by atoms with Gasteiger partial charge in [-0.2, -0.15) is 12.6 Å². The Balaban J connectivity index is 2.43. The minimum atomic E-state index is -3.61. The molecule has 0 radical (unpaired) electrons. The number of thiol groups is 1. The molecule has 1 unspecified atom stereocenters. The summed E-state index contributed by atoms with van der Waals surface area (Å²) in [6.45, 7) is 5.12. The molecule has 0 aromatic heterocycles. The first-order valence-corrected chi connectivity index (χ1v) is 9.68. The minimum Gasteiger partial charge on any atom is -0.324 e. The second-order valence-corrected chi connectivity index (χ2v) is 9.86. The lowest BCUT2D eigenvalue weighted by Gasteiger charge is -2.33. The van der Waals surface area contributed by atoms with Crippen molar-refractivity contribution in [1.82, 2.24) is 0 Å². The highest BCUT2D eigenvalue weighted by atomic mass is 32.1. The Hall–Kier alpha value is 0.130. The Labute approximate surface area is 133 Å². The molecule has 0 saturated heterocycles. The number of carbonyl (C=O) groups excluding carboxylic acids is 1. The van der Waals surface area contributed by atoms with Gasteiger partial charge in [-0.05, 0) is 52.4 Å². The van der Waals surface area contributed by atoms with Gasteiger partial charge in [-0.3, -0.25) is 9.36 Å². The molecule has 0 aromatic carbocycles. The Morgan fingerprint density at radius 3 is 2.33 bits per heavy atom. The van der Waals surface area contributed by atoms with Crippen molar-refractivity contribution < 1.29 is 18.8 Å². The van der Waals surface area contributed by atoms with Gasteiger partial charge < -0.3 is 15.2 Å². The maximum Gasteiger partial charge on any atom is 0.333 e. The lowest BCUT2D eigenvalue weighted by atomic mass is 9.83. The van der Waals surface area contributed by atoms with Gasteiger partial charge in [0.05, 0.1) is 17.3 Å². The van der Waals surface area contributed by atoms with Crippen LogP contribution in [0, 0.1) is 5.92 Å². The Bertz CT molecular complexity index is 402. The monoisotopic (exact) mass is 337 g/mol. The van der Waals surface area contributed by atoms with Crippen LogP contribution in [0.3, 0.4) is 0 Å². The fraction of sp³-hybridized carbons (Fsp3) is 0.929. The highest BCUT2D eigenvalue weighted by Gasteiger charge is 2.39. The average Bonchev–Trinajstić information content (AvgIpc) is 2.38. The van der Waals surface area contributed by atoms with Gasteiger partial charge >= 0.3 is 7.60 Å². The smallest absolute Gasteiger partial charge is 0.324 e. The number of hydrogen-bond acceptors (Lipinski definition) is 5. The van der Waals surface area contributed by atoms with Gasteiger partial charge in [0.15, 0.2) is 5.78 Å². The fourth-order valence-electron chi connectivity index (χ4n) is 2.34. The maximum absolute atomic E-state index is 12.1. The highest BCUT2D eigenvalue weighted by molar-refractivity contribution is 7.80. The first kappa shape index (κ1) is 19.2. The normalized spacial score (nSPS) is 27.9. The second kappa shape index (κ2) is 7.60. The summed E-state index contributed by atoms with van der Waals surface area (Å²) in [7, 11) is -3.61. The molecule has 0 aromatic rings. The van der Waals surface area contributed by atoms with Crippen LogP contribution in [0.25, 0.3) is 0 Å². The summed E-state index contributed by atoms with van der Waals surface area (Å²) in [6.07, 6.45) is 3.39. The minimum absolute atomic E-state index is 0.0527. The van der Waals surface area contributed by atoms with Crippen LogP contribution in [0.2, 0.25) is 0 Å². The molecule has 21 heavy (non-hydrogen) atoms. The summed E-state index contributed by atoms with van der Waals surface area (Å²) >= 11 is 4.04. The van der Waals surface area contributed by atoms with Crippen LogP contribution in [0.4, 0.5) is 0 Å². The van der Waals surface area contributed by atoms with Crippen LogP contribution in [-0.4, -0.2) is 33.7 Å². The third-order valence-electron chi connectivity index (χ3n) is 4.03. The van der Waals surface area contributed by atoms with E-state index in [1.807, 2.05) is 0 Å². The van der Waals surface area contributed by atoms with Crippen LogP contribution >= 0.6 is 20.2 Å². The van der Waals surface area contributed by atoms with Crippen molar-refractivity contribution in [2.24, 2.45) is 11.7 Å². The van der Waals surface area contributed by atoms with Gasteiger partial charge in [-0.25, -0.2) is 0 Å². The van der Waals surface area contributed by atoms with E-state index in [2.05, 4.69) is 12.6 Å². The molecule has 0 bridgehead atoms. The molecule has 7 heteroatoms. The lowest BCUT2D eigenvalue weighted by molar-refractivity contribution is -0.121. The summed E-state index contributed by atoms with van der Waals surface area (Å²) < 4.78 is 17.6. The van der Waals surface area contributed by atoms with E-state index >= 15 is 0 Å². The molecular weight excluding hydrogens is 309 g/mol. The molecule has 3 N–H and O–H groups in total. The first-order chi connectivity index (χ1) is 9.56. The fourth-order valence-corrected chi connectivity index (χ4v) is 3.47. The maximum atomic E-state index is 12.1. The molecular formula is C14H28NO4PS. The van der Waals surface area contributed by atoms with E-state index in [9.17, 15) is 14.3 Å². The SMILES string of the molecule is CC(C)(C)P(=O)(O)OC1CCC(CC(=O)[C@H](N)CS)CC1. The van der Waals surface area contributed by atoms with Crippen molar-refractivity contribution in [1.29, 1.82) is 0 Å². The molecule has 0 spiro atoms. The Kier molecular flexibility index (Phi) is 6.94. The first-order valence-electron chi connectivity index (χ1n) is 7.47. The van der Waals surface area contributed by atoms with E-state index in [0.29, 0.717) is 30.9 Å². The second-order valence-electron chi connectivity index (χ2n) is 6.90. The number of nitrogens with two attached hydrogens (primary N) is 1. The standard InChI is InChI=1S/C14H28NO4PS/c1-14(2,3)20(17,18)19-11-6-4-10(5-7-11)8-13(16)12(15)9-21/h10-12,21H,4-9,15H2,1-3H3,(H,17,18)/t10?,11?,12-/m1/s1. The van der Waals surface area contributed by atoms with Crippen LogP contribution < -0.4 is 5.73 Å². The van der Waals surface area contributed by atoms with Gasteiger partial charge in [0, 0.05) is 12.2 Å². The van der Waals surface area contributed by atoms with E-state index in [1.165, 1.54) is 0 Å². The summed E-state index contributed by atoms with van der Waals surface area (Å²) in [5.74, 6) is 0.726. The van der Waals surface area contributed by atoms with Crippen LogP contribution in [0.5, 0.6) is 0 Å². The van der Waals surface area contributed by atoms with Crippen LogP contribution in [0.1, 0.15) is 52.9 Å². The van der Waals surface area contributed by atoms with E-state index in [4.69, 9.17) is 10.3 Å². The van der Waals surface area contributed by atoms with E-state index in [1.54, 1.807) is 20.8 Å². The predicted molar refractivity (Wildman–Crippen MR) is 87.9 cm³/mol. The van der Waals surface area contributed by atoms with Gasteiger partial charge in [0.2, 0.25) is 0 Å². The van der Waals surface area contributed by atoms with Crippen molar-refractivity contribution in [2.75, 3.05) is 5.75 Å². The van der Waals surface area contributed by atoms with Crippen molar-refractivity contribution in [3.8, 4) is 0 Å². The lowest BCUT2D eigenvalue weighted by Crippen LogP contribution is -2.34. The zero-order valence-corrected chi connectivity index (χ0v) is 14.9. The van der Waals surface area contributed by atoms with Gasteiger partial charge in [-0.15, -0.1) is 0 Å². The molecule has 1 rings (SSSR count). The third-order valence-corrected chi connectivity index (χ3v) is 6.71. The van der Waals surface area contributed by atoms with Crippen molar-refractivity contribution >= 4 is 26.0 Å². The van der Waals surface area contributed by atoms with Crippen molar-refractivity contribution in [3.05, 3.63) is 0 Å². The predicted octanol–water partition coefficient (Wildman–Crippen LogP) is 2.76. The number of Topliss-reactive ketones (excluding diaryl/α,β-unsaturated/α-hetero) is 1. The van der Waals surface area contributed by atoms with Gasteiger partial charge in [-0.1, -0.05) is 0 Å². The van der Waals surface area contributed by atoms with Crippen molar-refractivity contribution in [2.45, 2.75) is 70.2 Å². The molecule has 5 nitrogen and oxygen atoms in total. The molecule has 1 fully saturated rings. The number of rotatable bonds is 6. The number of carbonyl (C=O) groups is 1. The Morgan fingerprint density at radius 1 is 1.38 bits per heavy atom. The zero-order valence-electron chi connectivity index (χ0n) is 13.1. The topological polar surface area (TPSA) is 89.6 Å². The molecule has 0 heterocycles. The summed E-state index contributed by atoms with van der Waals surface area (Å²) in [5, 5.41) is -0.765. The quantitative estimate of drug-likeness (QED) is 0.512. The number of hydrogen-bond donors (Lipinski definition) is 3. The molecule has 124 valence electrons. The van der Waals surface area contributed by atoms with Gasteiger partial charge in [0.25, 0.3) is 0 Å². The molecule has 1 saturated carbocycles.